The Labute approximate surface area is 127 Å². The van der Waals surface area contributed by atoms with E-state index in [9.17, 15) is 9.18 Å². The summed E-state index contributed by atoms with van der Waals surface area (Å²) in [6.07, 6.45) is 3.58. The molecule has 0 aliphatic heterocycles. The molecule has 0 unspecified atom stereocenters. The van der Waals surface area contributed by atoms with Gasteiger partial charge in [-0.25, -0.2) is 9.37 Å². The van der Waals surface area contributed by atoms with E-state index < -0.39 is 0 Å². The third-order valence-electron chi connectivity index (χ3n) is 3.19. The fourth-order valence-corrected chi connectivity index (χ4v) is 2.17. The lowest BCUT2D eigenvalue weighted by Gasteiger charge is -2.06. The van der Waals surface area contributed by atoms with Crippen LogP contribution in [0, 0.1) is 5.82 Å². The second kappa shape index (κ2) is 6.22. The lowest BCUT2D eigenvalue weighted by atomic mass is 10.1. The number of imidazole rings is 1. The average molecular weight is 295 g/mol. The number of anilines is 1. The monoisotopic (exact) mass is 295 g/mol. The van der Waals surface area contributed by atoms with Crippen molar-refractivity contribution in [1.82, 2.24) is 9.97 Å². The molecule has 22 heavy (non-hydrogen) atoms. The van der Waals surface area contributed by atoms with Crippen LogP contribution in [-0.4, -0.2) is 15.9 Å². The van der Waals surface area contributed by atoms with Gasteiger partial charge in [0.05, 0.1) is 6.42 Å². The molecule has 3 rings (SSSR count). The van der Waals surface area contributed by atoms with Crippen molar-refractivity contribution in [2.45, 2.75) is 6.42 Å². The van der Waals surface area contributed by atoms with Gasteiger partial charge in [-0.3, -0.25) is 4.79 Å². The van der Waals surface area contributed by atoms with Crippen molar-refractivity contribution in [3.8, 4) is 11.4 Å². The maximum Gasteiger partial charge on any atom is 0.228 e. The first-order chi connectivity index (χ1) is 10.7. The number of aromatic amines is 1. The van der Waals surface area contributed by atoms with Crippen molar-refractivity contribution in [2.24, 2.45) is 0 Å². The molecule has 1 heterocycles. The molecule has 5 heteroatoms. The van der Waals surface area contributed by atoms with Gasteiger partial charge in [-0.1, -0.05) is 12.1 Å². The molecule has 0 saturated heterocycles. The highest BCUT2D eigenvalue weighted by molar-refractivity contribution is 5.92. The molecule has 0 saturated carbocycles. The molecule has 3 aromatic rings. The second-order valence-electron chi connectivity index (χ2n) is 4.87. The van der Waals surface area contributed by atoms with Crippen molar-refractivity contribution in [3.63, 3.8) is 0 Å². The predicted octanol–water partition coefficient (Wildman–Crippen LogP) is 3.40. The summed E-state index contributed by atoms with van der Waals surface area (Å²) in [5, 5.41) is 2.79. The molecule has 0 fully saturated rings. The Balaban J connectivity index is 1.64. The number of carbonyl (C=O) groups excluding carboxylic acids is 1. The highest BCUT2D eigenvalue weighted by Crippen LogP contribution is 2.17. The fourth-order valence-electron chi connectivity index (χ4n) is 2.17. The van der Waals surface area contributed by atoms with E-state index in [1.807, 2.05) is 12.1 Å². The molecule has 0 aliphatic rings. The van der Waals surface area contributed by atoms with Crippen LogP contribution in [-0.2, 0) is 11.2 Å². The van der Waals surface area contributed by atoms with E-state index >= 15 is 0 Å². The molecule has 4 nitrogen and oxygen atoms in total. The number of hydrogen-bond donors (Lipinski definition) is 2. The van der Waals surface area contributed by atoms with Crippen LogP contribution in [0.5, 0.6) is 0 Å². The summed E-state index contributed by atoms with van der Waals surface area (Å²) >= 11 is 0. The lowest BCUT2D eigenvalue weighted by molar-refractivity contribution is -0.115. The Morgan fingerprint density at radius 2 is 2.00 bits per heavy atom. The molecule has 0 bridgehead atoms. The smallest absolute Gasteiger partial charge is 0.228 e. The first-order valence-corrected chi connectivity index (χ1v) is 6.85. The molecule has 0 spiro atoms. The van der Waals surface area contributed by atoms with Gasteiger partial charge in [0.2, 0.25) is 5.91 Å². The zero-order valence-corrected chi connectivity index (χ0v) is 11.7. The topological polar surface area (TPSA) is 57.8 Å². The number of carbonyl (C=O) groups is 1. The standard InChI is InChI=1S/C17H14FN3O/c18-14-3-1-2-12(10-14)11-16(22)21-15-6-4-13(5-7-15)17-19-8-9-20-17/h1-10H,11H2,(H,19,20)(H,21,22). The Bertz CT molecular complexity index is 767. The van der Waals surface area contributed by atoms with Gasteiger partial charge in [0.15, 0.2) is 0 Å². The number of halogens is 1. The van der Waals surface area contributed by atoms with E-state index in [0.29, 0.717) is 11.3 Å². The predicted molar refractivity (Wildman–Crippen MR) is 82.8 cm³/mol. The number of rotatable bonds is 4. The first kappa shape index (κ1) is 14.0. The molecule has 0 aliphatic carbocycles. The van der Waals surface area contributed by atoms with Crippen LogP contribution in [0.1, 0.15) is 5.56 Å². The van der Waals surface area contributed by atoms with E-state index in [1.54, 1.807) is 36.7 Å². The number of amides is 1. The van der Waals surface area contributed by atoms with E-state index in [4.69, 9.17) is 0 Å². The minimum atomic E-state index is -0.340. The number of nitrogens with one attached hydrogen (secondary N) is 2. The molecule has 1 amide bonds. The second-order valence-corrected chi connectivity index (χ2v) is 4.87. The van der Waals surface area contributed by atoms with Crippen LogP contribution < -0.4 is 5.32 Å². The lowest BCUT2D eigenvalue weighted by Crippen LogP contribution is -2.14. The molecular formula is C17H14FN3O. The fraction of sp³-hybridized carbons (Fsp3) is 0.0588. The number of nitrogens with zero attached hydrogens (tertiary/aromatic N) is 1. The first-order valence-electron chi connectivity index (χ1n) is 6.85. The Morgan fingerprint density at radius 3 is 2.68 bits per heavy atom. The summed E-state index contributed by atoms with van der Waals surface area (Å²) in [6, 6.07) is 13.4. The van der Waals surface area contributed by atoms with Gasteiger partial charge >= 0.3 is 0 Å². The van der Waals surface area contributed by atoms with Crippen LogP contribution in [0.4, 0.5) is 10.1 Å². The molecular weight excluding hydrogens is 281 g/mol. The third-order valence-corrected chi connectivity index (χ3v) is 3.19. The summed E-state index contributed by atoms with van der Waals surface area (Å²) in [6.45, 7) is 0. The summed E-state index contributed by atoms with van der Waals surface area (Å²) < 4.78 is 13.1. The minimum absolute atomic E-state index is 0.137. The molecule has 0 radical (unpaired) electrons. The van der Waals surface area contributed by atoms with Crippen LogP contribution in [0.25, 0.3) is 11.4 Å². The highest BCUT2D eigenvalue weighted by Gasteiger charge is 2.06. The van der Waals surface area contributed by atoms with Gasteiger partial charge in [0, 0.05) is 23.6 Å². The number of H-pyrrole nitrogens is 1. The van der Waals surface area contributed by atoms with Gasteiger partial charge in [-0.2, -0.15) is 0 Å². The minimum Gasteiger partial charge on any atom is -0.345 e. The van der Waals surface area contributed by atoms with Crippen LogP contribution in [0.2, 0.25) is 0 Å². The van der Waals surface area contributed by atoms with Crippen molar-refractivity contribution in [3.05, 3.63) is 72.3 Å². The molecule has 2 N–H and O–H groups in total. The molecule has 0 atom stereocenters. The molecule has 110 valence electrons. The van der Waals surface area contributed by atoms with E-state index in [0.717, 1.165) is 11.4 Å². The maximum atomic E-state index is 13.1. The number of benzene rings is 2. The van der Waals surface area contributed by atoms with E-state index in [2.05, 4.69) is 15.3 Å². The summed E-state index contributed by atoms with van der Waals surface area (Å²) in [5.74, 6) is 0.252. The summed E-state index contributed by atoms with van der Waals surface area (Å²) in [7, 11) is 0. The average Bonchev–Trinajstić information content (AvgIpc) is 3.02. The van der Waals surface area contributed by atoms with Gasteiger partial charge in [-0.05, 0) is 42.0 Å². The zero-order valence-electron chi connectivity index (χ0n) is 11.7. The van der Waals surface area contributed by atoms with Crippen molar-refractivity contribution >= 4 is 11.6 Å². The Hall–Kier alpha value is -2.95. The van der Waals surface area contributed by atoms with E-state index in [1.165, 1.54) is 12.1 Å². The summed E-state index contributed by atoms with van der Waals surface area (Å²) in [5.41, 5.74) is 2.27. The van der Waals surface area contributed by atoms with Crippen molar-refractivity contribution in [2.75, 3.05) is 5.32 Å². The quantitative estimate of drug-likeness (QED) is 0.775. The normalized spacial score (nSPS) is 10.4. The Kier molecular flexibility index (Phi) is 3.96. The zero-order chi connectivity index (χ0) is 15.4. The van der Waals surface area contributed by atoms with Gasteiger partial charge in [0.25, 0.3) is 0 Å². The van der Waals surface area contributed by atoms with Crippen molar-refractivity contribution < 1.29 is 9.18 Å². The summed E-state index contributed by atoms with van der Waals surface area (Å²) in [4.78, 5) is 19.1. The van der Waals surface area contributed by atoms with E-state index in [-0.39, 0.29) is 18.1 Å². The molecule has 2 aromatic carbocycles. The third kappa shape index (κ3) is 3.38. The highest BCUT2D eigenvalue weighted by atomic mass is 19.1. The largest absolute Gasteiger partial charge is 0.345 e. The van der Waals surface area contributed by atoms with Gasteiger partial charge < -0.3 is 10.3 Å². The van der Waals surface area contributed by atoms with Crippen LogP contribution in [0.3, 0.4) is 0 Å². The SMILES string of the molecule is O=C(Cc1cccc(F)c1)Nc1ccc(-c2ncc[nH]2)cc1. The Morgan fingerprint density at radius 1 is 1.18 bits per heavy atom. The maximum absolute atomic E-state index is 13.1. The number of hydrogen-bond acceptors (Lipinski definition) is 2. The van der Waals surface area contributed by atoms with Gasteiger partial charge in [-0.15, -0.1) is 0 Å². The van der Waals surface area contributed by atoms with Gasteiger partial charge in [0.1, 0.15) is 11.6 Å². The number of aromatic nitrogens is 2. The van der Waals surface area contributed by atoms with Crippen LogP contribution in [0.15, 0.2) is 60.9 Å². The molecule has 1 aromatic heterocycles. The van der Waals surface area contributed by atoms with Crippen LogP contribution >= 0.6 is 0 Å². The van der Waals surface area contributed by atoms with Crippen molar-refractivity contribution in [1.29, 1.82) is 0 Å².